The molecule has 1 atom stereocenters. The van der Waals surface area contributed by atoms with Gasteiger partial charge in [0.05, 0.1) is 23.2 Å². The molecule has 4 aromatic carbocycles. The van der Waals surface area contributed by atoms with Crippen LogP contribution in [0.2, 0.25) is 0 Å². The van der Waals surface area contributed by atoms with Crippen LogP contribution < -0.4 is 4.74 Å². The molecule has 0 amide bonds. The number of nitrogens with zero attached hydrogens (tertiary/aromatic N) is 1. The molecule has 0 fully saturated rings. The minimum atomic E-state index is -3.88. The van der Waals surface area contributed by atoms with Gasteiger partial charge in [-0.2, -0.15) is 0 Å². The van der Waals surface area contributed by atoms with E-state index >= 15 is 0 Å². The van der Waals surface area contributed by atoms with Gasteiger partial charge in [-0.1, -0.05) is 73.2 Å². The van der Waals surface area contributed by atoms with E-state index in [2.05, 4.69) is 32.0 Å². The molecule has 0 saturated carbocycles. The van der Waals surface area contributed by atoms with Gasteiger partial charge in [-0.05, 0) is 78.4 Å². The van der Waals surface area contributed by atoms with Crippen molar-refractivity contribution in [2.75, 3.05) is 7.11 Å². The third kappa shape index (κ3) is 3.45. The Bertz CT molecular complexity index is 1750. The van der Waals surface area contributed by atoms with Crippen molar-refractivity contribution in [3.05, 3.63) is 119 Å². The Balaban J connectivity index is 1.75. The molecule has 5 aromatic rings. The van der Waals surface area contributed by atoms with Crippen molar-refractivity contribution < 1.29 is 13.2 Å². The normalized spacial score (nSPS) is 16.9. The van der Waals surface area contributed by atoms with Crippen LogP contribution in [0.15, 0.2) is 95.9 Å². The zero-order chi connectivity index (χ0) is 25.9. The standard InChI is InChI=1S/C32H29NO3S/c1-21-10-17-26(18-11-21)37(34,35)33-28-19-12-22(2)27-20-32(3,24-13-15-25(36-4)16-14-24)30(29(27)28)31(33)23-8-6-5-7-9-23/h5-19H,20H2,1-4H3. The van der Waals surface area contributed by atoms with E-state index in [-0.39, 0.29) is 4.90 Å². The Hall–Kier alpha value is -3.83. The second-order valence-corrected chi connectivity index (χ2v) is 12.0. The molecule has 186 valence electrons. The van der Waals surface area contributed by atoms with E-state index in [1.165, 1.54) is 11.1 Å². The second kappa shape index (κ2) is 8.35. The predicted molar refractivity (Wildman–Crippen MR) is 149 cm³/mol. The highest BCUT2D eigenvalue weighted by atomic mass is 32.2. The van der Waals surface area contributed by atoms with Gasteiger partial charge >= 0.3 is 0 Å². The molecule has 1 aliphatic rings. The number of hydrogen-bond donors (Lipinski definition) is 0. The molecule has 1 aliphatic carbocycles. The average Bonchev–Trinajstić information content (AvgIpc) is 3.44. The summed E-state index contributed by atoms with van der Waals surface area (Å²) in [6.45, 7) is 6.31. The van der Waals surface area contributed by atoms with Crippen molar-refractivity contribution in [1.82, 2.24) is 3.97 Å². The Morgan fingerprint density at radius 3 is 2.16 bits per heavy atom. The summed E-state index contributed by atoms with van der Waals surface area (Å²) in [6.07, 6.45) is 0.804. The highest BCUT2D eigenvalue weighted by Crippen LogP contribution is 2.53. The SMILES string of the molecule is COc1ccc(C2(C)Cc3c(C)ccc4c3c2c(-c2ccccc2)n4S(=O)(=O)c2ccc(C)cc2)cc1. The third-order valence-electron chi connectivity index (χ3n) is 7.85. The lowest BCUT2D eigenvalue weighted by Gasteiger charge is -2.29. The molecular weight excluding hydrogens is 478 g/mol. The maximum absolute atomic E-state index is 14.4. The number of methoxy groups -OCH3 is 1. The van der Waals surface area contributed by atoms with Gasteiger partial charge in [0.25, 0.3) is 10.0 Å². The maximum atomic E-state index is 14.4. The van der Waals surface area contributed by atoms with E-state index in [0.717, 1.165) is 51.0 Å². The van der Waals surface area contributed by atoms with Crippen LogP contribution >= 0.6 is 0 Å². The number of rotatable bonds is 5. The molecule has 0 bridgehead atoms. The first-order valence-corrected chi connectivity index (χ1v) is 13.9. The number of hydrogen-bond acceptors (Lipinski definition) is 3. The van der Waals surface area contributed by atoms with E-state index < -0.39 is 15.4 Å². The molecule has 5 heteroatoms. The number of benzene rings is 4. The topological polar surface area (TPSA) is 48.3 Å². The summed E-state index contributed by atoms with van der Waals surface area (Å²) < 4.78 is 35.7. The van der Waals surface area contributed by atoms with Crippen LogP contribution in [0.25, 0.3) is 22.2 Å². The van der Waals surface area contributed by atoms with Crippen LogP contribution in [0.1, 0.15) is 34.7 Å². The van der Waals surface area contributed by atoms with Crippen LogP contribution in [0.3, 0.4) is 0 Å². The molecule has 1 aromatic heterocycles. The van der Waals surface area contributed by atoms with Crippen LogP contribution in [-0.4, -0.2) is 19.5 Å². The lowest BCUT2D eigenvalue weighted by atomic mass is 9.75. The van der Waals surface area contributed by atoms with Crippen molar-refractivity contribution in [2.24, 2.45) is 0 Å². The minimum Gasteiger partial charge on any atom is -0.497 e. The molecule has 0 aliphatic heterocycles. The Morgan fingerprint density at radius 2 is 1.51 bits per heavy atom. The van der Waals surface area contributed by atoms with E-state index in [9.17, 15) is 8.42 Å². The van der Waals surface area contributed by atoms with Crippen LogP contribution in [0.4, 0.5) is 0 Å². The second-order valence-electron chi connectivity index (χ2n) is 10.2. The zero-order valence-electron chi connectivity index (χ0n) is 21.4. The molecule has 1 unspecified atom stereocenters. The summed E-state index contributed by atoms with van der Waals surface area (Å²) in [7, 11) is -2.22. The maximum Gasteiger partial charge on any atom is 0.268 e. The fraction of sp³-hybridized carbons (Fsp3) is 0.188. The summed E-state index contributed by atoms with van der Waals surface area (Å²) in [5.74, 6) is 0.798. The smallest absolute Gasteiger partial charge is 0.268 e. The fourth-order valence-electron chi connectivity index (χ4n) is 5.86. The summed E-state index contributed by atoms with van der Waals surface area (Å²) in [5, 5.41) is 1.05. The van der Waals surface area contributed by atoms with Gasteiger partial charge in [-0.15, -0.1) is 0 Å². The summed E-state index contributed by atoms with van der Waals surface area (Å²) in [5.41, 5.74) is 7.53. The van der Waals surface area contributed by atoms with Gasteiger partial charge in [-0.3, -0.25) is 0 Å². The molecule has 4 nitrogen and oxygen atoms in total. The lowest BCUT2D eigenvalue weighted by Crippen LogP contribution is -2.25. The van der Waals surface area contributed by atoms with E-state index in [4.69, 9.17) is 4.74 Å². The molecule has 0 spiro atoms. The predicted octanol–water partition coefficient (Wildman–Crippen LogP) is 7.03. The minimum absolute atomic E-state index is 0.285. The zero-order valence-corrected chi connectivity index (χ0v) is 22.3. The van der Waals surface area contributed by atoms with Gasteiger partial charge < -0.3 is 4.74 Å². The van der Waals surface area contributed by atoms with Crippen molar-refractivity contribution in [3.8, 4) is 17.0 Å². The van der Waals surface area contributed by atoms with E-state index in [0.29, 0.717) is 0 Å². The molecule has 0 saturated heterocycles. The Labute approximate surface area is 218 Å². The quantitative estimate of drug-likeness (QED) is 0.257. The molecular formula is C32H29NO3S. The lowest BCUT2D eigenvalue weighted by molar-refractivity contribution is 0.414. The molecule has 0 radical (unpaired) electrons. The van der Waals surface area contributed by atoms with Gasteiger partial charge in [0.2, 0.25) is 0 Å². The molecule has 0 N–H and O–H groups in total. The highest BCUT2D eigenvalue weighted by Gasteiger charge is 2.44. The van der Waals surface area contributed by atoms with E-state index in [1.54, 1.807) is 23.2 Å². The highest BCUT2D eigenvalue weighted by molar-refractivity contribution is 7.90. The molecule has 6 rings (SSSR count). The molecule has 37 heavy (non-hydrogen) atoms. The fourth-order valence-corrected chi connectivity index (χ4v) is 7.40. The number of aromatic nitrogens is 1. The van der Waals surface area contributed by atoms with Gasteiger partial charge in [-0.25, -0.2) is 12.4 Å². The number of ether oxygens (including phenoxy) is 1. The van der Waals surface area contributed by atoms with Gasteiger partial charge in [0, 0.05) is 10.8 Å². The summed E-state index contributed by atoms with van der Waals surface area (Å²) in [4.78, 5) is 0.285. The first-order valence-electron chi connectivity index (χ1n) is 12.5. The van der Waals surface area contributed by atoms with Crippen LogP contribution in [-0.2, 0) is 21.9 Å². The summed E-state index contributed by atoms with van der Waals surface area (Å²) >= 11 is 0. The molecule has 1 heterocycles. The summed E-state index contributed by atoms with van der Waals surface area (Å²) in [6, 6.07) is 29.2. The van der Waals surface area contributed by atoms with Crippen molar-refractivity contribution >= 4 is 20.9 Å². The van der Waals surface area contributed by atoms with Crippen molar-refractivity contribution in [1.29, 1.82) is 0 Å². The van der Waals surface area contributed by atoms with E-state index in [1.807, 2.05) is 67.6 Å². The van der Waals surface area contributed by atoms with Gasteiger partial charge in [0.1, 0.15) is 5.75 Å². The largest absolute Gasteiger partial charge is 0.497 e. The van der Waals surface area contributed by atoms with Crippen molar-refractivity contribution in [3.63, 3.8) is 0 Å². The van der Waals surface area contributed by atoms with Crippen LogP contribution in [0, 0.1) is 13.8 Å². The number of aryl methyl sites for hydroxylation is 2. The first-order chi connectivity index (χ1) is 17.8. The Kier molecular flexibility index (Phi) is 5.32. The average molecular weight is 508 g/mol. The van der Waals surface area contributed by atoms with Gasteiger partial charge in [0.15, 0.2) is 0 Å². The van der Waals surface area contributed by atoms with Crippen molar-refractivity contribution in [2.45, 2.75) is 37.5 Å². The first kappa shape index (κ1) is 23.6. The monoisotopic (exact) mass is 507 g/mol. The van der Waals surface area contributed by atoms with Crippen LogP contribution in [0.5, 0.6) is 5.75 Å². The third-order valence-corrected chi connectivity index (χ3v) is 9.58. The Morgan fingerprint density at radius 1 is 0.838 bits per heavy atom.